The van der Waals surface area contributed by atoms with E-state index in [9.17, 15) is 13.9 Å². The van der Waals surface area contributed by atoms with Crippen molar-refractivity contribution in [2.75, 3.05) is 18.0 Å². The number of anilines is 1. The number of hydrogen-bond donors (Lipinski definition) is 2. The molecule has 1 atom stereocenters. The summed E-state index contributed by atoms with van der Waals surface area (Å²) < 4.78 is 29.8. The number of aliphatic hydroxyl groups is 1. The molecule has 6 nitrogen and oxygen atoms in total. The molecule has 0 saturated carbocycles. The second-order valence-electron chi connectivity index (χ2n) is 8.16. The van der Waals surface area contributed by atoms with E-state index < -0.39 is 17.2 Å². The molecule has 8 heteroatoms. The van der Waals surface area contributed by atoms with Crippen molar-refractivity contribution in [3.63, 3.8) is 0 Å². The van der Waals surface area contributed by atoms with Crippen LogP contribution >= 0.6 is 0 Å². The van der Waals surface area contributed by atoms with E-state index in [4.69, 9.17) is 4.98 Å². The lowest BCUT2D eigenvalue weighted by atomic mass is 10.0. The van der Waals surface area contributed by atoms with Gasteiger partial charge in [0, 0.05) is 37.0 Å². The quantitative estimate of drug-likeness (QED) is 0.664. The van der Waals surface area contributed by atoms with Gasteiger partial charge in [0.05, 0.1) is 17.8 Å². The Morgan fingerprint density at radius 2 is 2.10 bits per heavy atom. The average Bonchev–Trinajstić information content (AvgIpc) is 3.29. The fourth-order valence-corrected chi connectivity index (χ4v) is 3.83. The number of aromatic nitrogens is 3. The topological polar surface area (TPSA) is 65.7 Å². The lowest BCUT2D eigenvalue weighted by molar-refractivity contribution is 0.0795. The van der Waals surface area contributed by atoms with E-state index in [1.165, 1.54) is 12.1 Å². The zero-order chi connectivity index (χ0) is 20.6. The summed E-state index contributed by atoms with van der Waals surface area (Å²) >= 11 is 0. The third-order valence-electron chi connectivity index (χ3n) is 5.16. The molecular weight excluding hydrogens is 376 g/mol. The van der Waals surface area contributed by atoms with E-state index in [-0.39, 0.29) is 6.04 Å². The number of nitrogens with one attached hydrogen (secondary N) is 1. The van der Waals surface area contributed by atoms with Gasteiger partial charge in [-0.2, -0.15) is 5.10 Å². The smallest absolute Gasteiger partial charge is 0.161 e. The van der Waals surface area contributed by atoms with Crippen LogP contribution in [0.1, 0.15) is 43.9 Å². The maximum absolute atomic E-state index is 14.4. The lowest BCUT2D eigenvalue weighted by Crippen LogP contribution is -2.34. The minimum atomic E-state index is -0.806. The zero-order valence-corrected chi connectivity index (χ0v) is 16.6. The summed E-state index contributed by atoms with van der Waals surface area (Å²) in [5, 5.41) is 17.4. The molecule has 3 heterocycles. The number of benzene rings is 1. The zero-order valence-electron chi connectivity index (χ0n) is 16.6. The Balaban J connectivity index is 1.61. The van der Waals surface area contributed by atoms with Crippen LogP contribution in [-0.2, 0) is 6.54 Å². The molecule has 1 unspecified atom stereocenters. The number of hydrogen-bond acceptors (Lipinski definition) is 5. The fourth-order valence-electron chi connectivity index (χ4n) is 3.83. The Labute approximate surface area is 168 Å². The number of fused-ring (bicyclic) bond motifs is 1. The molecule has 0 aliphatic carbocycles. The standard InChI is InChI=1S/C21H25F2N5O/c1-21(2,29)13-24-11-14-12-25-28-9-7-19(26-20(14)28)27-8-3-4-18(27)16-10-15(22)5-6-17(16)23/h5-7,9-10,12,18,24,29H,3-4,8,11,13H2,1-2H3. The molecule has 0 spiro atoms. The van der Waals surface area contributed by atoms with Crippen LogP contribution in [-0.4, -0.2) is 38.4 Å². The summed E-state index contributed by atoms with van der Waals surface area (Å²) in [5.74, 6) is -0.120. The molecule has 2 N–H and O–H groups in total. The summed E-state index contributed by atoms with van der Waals surface area (Å²) in [6, 6.07) is 5.20. The van der Waals surface area contributed by atoms with Gasteiger partial charge in [0.1, 0.15) is 17.5 Å². The predicted octanol–water partition coefficient (Wildman–Crippen LogP) is 3.21. The molecule has 4 rings (SSSR count). The molecule has 1 aromatic carbocycles. The Morgan fingerprint density at radius 3 is 2.90 bits per heavy atom. The van der Waals surface area contributed by atoms with Crippen molar-refractivity contribution < 1.29 is 13.9 Å². The second-order valence-corrected chi connectivity index (χ2v) is 8.16. The minimum absolute atomic E-state index is 0.250. The van der Waals surface area contributed by atoms with E-state index in [1.807, 2.05) is 17.2 Å². The summed E-state index contributed by atoms with van der Waals surface area (Å²) in [4.78, 5) is 6.79. The predicted molar refractivity (Wildman–Crippen MR) is 107 cm³/mol. The first kappa shape index (κ1) is 19.7. The molecule has 0 radical (unpaired) electrons. The molecular formula is C21H25F2N5O. The third-order valence-corrected chi connectivity index (χ3v) is 5.16. The first-order chi connectivity index (χ1) is 13.8. The van der Waals surface area contributed by atoms with Crippen LogP contribution in [0, 0.1) is 11.6 Å². The van der Waals surface area contributed by atoms with Crippen LogP contribution in [0.3, 0.4) is 0 Å². The fraction of sp³-hybridized carbons (Fsp3) is 0.429. The molecule has 2 aromatic heterocycles. The number of rotatable bonds is 6. The Hall–Kier alpha value is -2.58. The van der Waals surface area contributed by atoms with Gasteiger partial charge < -0.3 is 15.3 Å². The number of nitrogens with zero attached hydrogens (tertiary/aromatic N) is 4. The maximum Gasteiger partial charge on any atom is 0.161 e. The van der Waals surface area contributed by atoms with Gasteiger partial charge in [0.15, 0.2) is 5.65 Å². The monoisotopic (exact) mass is 401 g/mol. The van der Waals surface area contributed by atoms with Crippen LogP contribution in [0.2, 0.25) is 0 Å². The summed E-state index contributed by atoms with van der Waals surface area (Å²) in [6.07, 6.45) is 5.20. The highest BCUT2D eigenvalue weighted by Crippen LogP contribution is 2.36. The first-order valence-electron chi connectivity index (χ1n) is 9.80. The van der Waals surface area contributed by atoms with Gasteiger partial charge in [0.2, 0.25) is 0 Å². The van der Waals surface area contributed by atoms with Gasteiger partial charge >= 0.3 is 0 Å². The first-order valence-corrected chi connectivity index (χ1v) is 9.80. The Kier molecular flexibility index (Phi) is 5.23. The molecule has 1 saturated heterocycles. The van der Waals surface area contributed by atoms with Crippen LogP contribution in [0.25, 0.3) is 5.65 Å². The molecule has 1 aliphatic heterocycles. The van der Waals surface area contributed by atoms with Crippen molar-refractivity contribution in [3.05, 3.63) is 59.4 Å². The van der Waals surface area contributed by atoms with E-state index in [2.05, 4.69) is 10.4 Å². The highest BCUT2D eigenvalue weighted by molar-refractivity contribution is 5.54. The Bertz CT molecular complexity index is 1010. The van der Waals surface area contributed by atoms with Gasteiger partial charge in [-0.15, -0.1) is 0 Å². The molecule has 1 aliphatic rings. The molecule has 29 heavy (non-hydrogen) atoms. The summed E-state index contributed by atoms with van der Waals surface area (Å²) in [7, 11) is 0. The average molecular weight is 401 g/mol. The SMILES string of the molecule is CC(C)(O)CNCc1cnn2ccc(N3CCCC3c3cc(F)ccc3F)nc12. The van der Waals surface area contributed by atoms with Crippen LogP contribution < -0.4 is 10.2 Å². The Morgan fingerprint density at radius 1 is 1.28 bits per heavy atom. The number of halogens is 2. The van der Waals surface area contributed by atoms with Crippen molar-refractivity contribution in [2.45, 2.75) is 44.9 Å². The lowest BCUT2D eigenvalue weighted by Gasteiger charge is -2.26. The van der Waals surface area contributed by atoms with Crippen LogP contribution in [0.5, 0.6) is 0 Å². The minimum Gasteiger partial charge on any atom is -0.389 e. The molecule has 0 amide bonds. The largest absolute Gasteiger partial charge is 0.389 e. The van der Waals surface area contributed by atoms with Crippen molar-refractivity contribution in [1.29, 1.82) is 0 Å². The van der Waals surface area contributed by atoms with Gasteiger partial charge in [-0.3, -0.25) is 0 Å². The molecule has 3 aromatic rings. The van der Waals surface area contributed by atoms with Gasteiger partial charge in [-0.25, -0.2) is 18.3 Å². The molecule has 154 valence electrons. The van der Waals surface area contributed by atoms with Crippen LogP contribution in [0.4, 0.5) is 14.6 Å². The van der Waals surface area contributed by atoms with Crippen molar-refractivity contribution in [3.8, 4) is 0 Å². The third kappa shape index (κ3) is 4.23. The normalized spacial score (nSPS) is 17.4. The highest BCUT2D eigenvalue weighted by atomic mass is 19.1. The van der Waals surface area contributed by atoms with Crippen molar-refractivity contribution in [1.82, 2.24) is 19.9 Å². The van der Waals surface area contributed by atoms with Crippen molar-refractivity contribution >= 4 is 11.5 Å². The van der Waals surface area contributed by atoms with Gasteiger partial charge in [-0.1, -0.05) is 0 Å². The van der Waals surface area contributed by atoms with E-state index >= 15 is 0 Å². The molecule has 0 bridgehead atoms. The van der Waals surface area contributed by atoms with Gasteiger partial charge in [-0.05, 0) is 51.0 Å². The molecule has 1 fully saturated rings. The van der Waals surface area contributed by atoms with E-state index in [0.29, 0.717) is 30.1 Å². The van der Waals surface area contributed by atoms with E-state index in [0.717, 1.165) is 31.0 Å². The van der Waals surface area contributed by atoms with Gasteiger partial charge in [0.25, 0.3) is 0 Å². The summed E-state index contributed by atoms with van der Waals surface area (Å²) in [5.41, 5.74) is 1.17. The van der Waals surface area contributed by atoms with Crippen LogP contribution in [0.15, 0.2) is 36.7 Å². The highest BCUT2D eigenvalue weighted by Gasteiger charge is 2.30. The van der Waals surface area contributed by atoms with E-state index in [1.54, 1.807) is 24.6 Å². The second kappa shape index (κ2) is 7.68. The van der Waals surface area contributed by atoms with Crippen molar-refractivity contribution in [2.24, 2.45) is 0 Å². The maximum atomic E-state index is 14.4. The summed E-state index contributed by atoms with van der Waals surface area (Å²) in [6.45, 7) is 5.17.